The van der Waals surface area contributed by atoms with Crippen molar-refractivity contribution in [1.29, 1.82) is 0 Å². The van der Waals surface area contributed by atoms with Crippen molar-refractivity contribution in [3.05, 3.63) is 18.1 Å². The average molecular weight is 193 g/mol. The number of hydrogen-bond acceptors (Lipinski definition) is 4. The van der Waals surface area contributed by atoms with Crippen LogP contribution in [0.2, 0.25) is 0 Å². The SMILES string of the molecule is CCC(CC)Nc1ncncc1C=O. The molecule has 4 heteroatoms. The van der Waals surface area contributed by atoms with E-state index in [1.165, 1.54) is 12.5 Å². The number of rotatable bonds is 5. The second kappa shape index (κ2) is 5.32. The minimum absolute atomic E-state index is 0.364. The summed E-state index contributed by atoms with van der Waals surface area (Å²) < 4.78 is 0. The van der Waals surface area contributed by atoms with Gasteiger partial charge in [-0.25, -0.2) is 9.97 Å². The molecule has 0 unspecified atom stereocenters. The van der Waals surface area contributed by atoms with Gasteiger partial charge in [-0.1, -0.05) is 13.8 Å². The Hall–Kier alpha value is -1.45. The van der Waals surface area contributed by atoms with Gasteiger partial charge in [0.1, 0.15) is 12.1 Å². The molecule has 0 saturated carbocycles. The van der Waals surface area contributed by atoms with E-state index in [0.717, 1.165) is 19.1 Å². The van der Waals surface area contributed by atoms with Crippen LogP contribution >= 0.6 is 0 Å². The van der Waals surface area contributed by atoms with Crippen LogP contribution in [0, 0.1) is 0 Å². The van der Waals surface area contributed by atoms with Gasteiger partial charge in [0, 0.05) is 12.2 Å². The molecule has 1 N–H and O–H groups in total. The first kappa shape index (κ1) is 10.6. The topological polar surface area (TPSA) is 54.9 Å². The number of nitrogens with one attached hydrogen (secondary N) is 1. The number of aromatic nitrogens is 2. The lowest BCUT2D eigenvalue weighted by Gasteiger charge is -2.15. The van der Waals surface area contributed by atoms with Gasteiger partial charge < -0.3 is 5.32 Å². The zero-order valence-corrected chi connectivity index (χ0v) is 8.53. The zero-order chi connectivity index (χ0) is 10.4. The van der Waals surface area contributed by atoms with E-state index in [-0.39, 0.29) is 0 Å². The van der Waals surface area contributed by atoms with Gasteiger partial charge in [0.05, 0.1) is 5.56 Å². The number of anilines is 1. The highest BCUT2D eigenvalue weighted by atomic mass is 16.1. The highest BCUT2D eigenvalue weighted by molar-refractivity contribution is 5.81. The molecular weight excluding hydrogens is 178 g/mol. The lowest BCUT2D eigenvalue weighted by molar-refractivity contribution is 0.112. The maximum absolute atomic E-state index is 10.7. The van der Waals surface area contributed by atoms with Crippen LogP contribution in [0.1, 0.15) is 37.0 Å². The molecule has 0 atom stereocenters. The first-order valence-corrected chi connectivity index (χ1v) is 4.83. The summed E-state index contributed by atoms with van der Waals surface area (Å²) in [5, 5.41) is 3.22. The quantitative estimate of drug-likeness (QED) is 0.725. The van der Waals surface area contributed by atoms with Gasteiger partial charge in [0.25, 0.3) is 0 Å². The first-order chi connectivity index (χ1) is 6.81. The molecule has 0 aliphatic rings. The number of aldehydes is 1. The Morgan fingerprint density at radius 3 is 2.79 bits per heavy atom. The van der Waals surface area contributed by atoms with Crippen LogP contribution in [-0.4, -0.2) is 22.3 Å². The third-order valence-electron chi connectivity index (χ3n) is 2.19. The molecule has 0 aliphatic heterocycles. The minimum atomic E-state index is 0.364. The van der Waals surface area contributed by atoms with E-state index >= 15 is 0 Å². The van der Waals surface area contributed by atoms with Gasteiger partial charge in [-0.3, -0.25) is 4.79 Å². The molecule has 1 rings (SSSR count). The summed E-state index contributed by atoms with van der Waals surface area (Å²) >= 11 is 0. The van der Waals surface area contributed by atoms with Crippen LogP contribution in [0.25, 0.3) is 0 Å². The van der Waals surface area contributed by atoms with E-state index in [1.807, 2.05) is 0 Å². The smallest absolute Gasteiger partial charge is 0.155 e. The zero-order valence-electron chi connectivity index (χ0n) is 8.53. The van der Waals surface area contributed by atoms with E-state index in [9.17, 15) is 4.79 Å². The third-order valence-corrected chi connectivity index (χ3v) is 2.19. The van der Waals surface area contributed by atoms with E-state index in [0.29, 0.717) is 17.4 Å². The maximum Gasteiger partial charge on any atom is 0.155 e. The molecule has 0 amide bonds. The average Bonchev–Trinajstić information content (AvgIpc) is 2.26. The Kier molecular flexibility index (Phi) is 4.04. The van der Waals surface area contributed by atoms with Crippen molar-refractivity contribution in [3.63, 3.8) is 0 Å². The number of carbonyl (C=O) groups is 1. The second-order valence-corrected chi connectivity index (χ2v) is 3.10. The highest BCUT2D eigenvalue weighted by Gasteiger charge is 2.07. The Morgan fingerprint density at radius 1 is 1.50 bits per heavy atom. The molecule has 1 aromatic heterocycles. The van der Waals surface area contributed by atoms with Gasteiger partial charge in [-0.15, -0.1) is 0 Å². The van der Waals surface area contributed by atoms with Crippen LogP contribution in [0.5, 0.6) is 0 Å². The molecule has 76 valence electrons. The molecule has 1 heterocycles. The normalized spacial score (nSPS) is 10.2. The summed E-state index contributed by atoms with van der Waals surface area (Å²) in [6.45, 7) is 4.20. The largest absolute Gasteiger partial charge is 0.367 e. The Bertz CT molecular complexity index is 297. The van der Waals surface area contributed by atoms with Gasteiger partial charge in [-0.2, -0.15) is 0 Å². The number of carbonyl (C=O) groups excluding carboxylic acids is 1. The summed E-state index contributed by atoms with van der Waals surface area (Å²) in [7, 11) is 0. The maximum atomic E-state index is 10.7. The predicted octanol–water partition coefficient (Wildman–Crippen LogP) is 1.89. The molecule has 0 fully saturated rings. The van der Waals surface area contributed by atoms with Crippen molar-refractivity contribution >= 4 is 12.1 Å². The Labute approximate surface area is 83.8 Å². The van der Waals surface area contributed by atoms with Crippen molar-refractivity contribution < 1.29 is 4.79 Å². The van der Waals surface area contributed by atoms with Crippen LogP contribution in [0.3, 0.4) is 0 Å². The molecule has 4 nitrogen and oxygen atoms in total. The fraction of sp³-hybridized carbons (Fsp3) is 0.500. The fourth-order valence-corrected chi connectivity index (χ4v) is 1.23. The van der Waals surface area contributed by atoms with Crippen molar-refractivity contribution in [2.75, 3.05) is 5.32 Å². The lowest BCUT2D eigenvalue weighted by Crippen LogP contribution is -2.19. The molecule has 0 radical (unpaired) electrons. The van der Waals surface area contributed by atoms with Crippen molar-refractivity contribution in [2.24, 2.45) is 0 Å². The Balaban J connectivity index is 2.79. The highest BCUT2D eigenvalue weighted by Crippen LogP contribution is 2.11. The molecule has 14 heavy (non-hydrogen) atoms. The predicted molar refractivity (Wildman–Crippen MR) is 55.4 cm³/mol. The van der Waals surface area contributed by atoms with Crippen molar-refractivity contribution in [2.45, 2.75) is 32.7 Å². The van der Waals surface area contributed by atoms with Crippen LogP contribution in [0.15, 0.2) is 12.5 Å². The first-order valence-electron chi connectivity index (χ1n) is 4.83. The summed E-state index contributed by atoms with van der Waals surface area (Å²) in [6.07, 6.45) is 5.75. The molecule has 0 aliphatic carbocycles. The summed E-state index contributed by atoms with van der Waals surface area (Å²) in [6, 6.07) is 0.364. The lowest BCUT2D eigenvalue weighted by atomic mass is 10.1. The van der Waals surface area contributed by atoms with Crippen LogP contribution < -0.4 is 5.32 Å². The van der Waals surface area contributed by atoms with E-state index < -0.39 is 0 Å². The van der Waals surface area contributed by atoms with Gasteiger partial charge in [0.15, 0.2) is 6.29 Å². The molecular formula is C10H15N3O. The monoisotopic (exact) mass is 193 g/mol. The van der Waals surface area contributed by atoms with Crippen molar-refractivity contribution in [1.82, 2.24) is 9.97 Å². The van der Waals surface area contributed by atoms with Crippen LogP contribution in [-0.2, 0) is 0 Å². The number of nitrogens with zero attached hydrogens (tertiary/aromatic N) is 2. The minimum Gasteiger partial charge on any atom is -0.367 e. The van der Waals surface area contributed by atoms with Gasteiger partial charge in [0.2, 0.25) is 0 Å². The molecule has 0 bridgehead atoms. The number of hydrogen-bond donors (Lipinski definition) is 1. The molecule has 0 spiro atoms. The van der Waals surface area contributed by atoms with E-state index in [2.05, 4.69) is 29.1 Å². The van der Waals surface area contributed by atoms with Gasteiger partial charge in [-0.05, 0) is 12.8 Å². The fourth-order valence-electron chi connectivity index (χ4n) is 1.23. The van der Waals surface area contributed by atoms with Crippen LogP contribution in [0.4, 0.5) is 5.82 Å². The van der Waals surface area contributed by atoms with Crippen molar-refractivity contribution in [3.8, 4) is 0 Å². The molecule has 0 saturated heterocycles. The standard InChI is InChI=1S/C10H15N3O/c1-3-9(4-2)13-10-8(6-14)5-11-7-12-10/h5-7,9H,3-4H2,1-2H3,(H,11,12,13). The summed E-state index contributed by atoms with van der Waals surface area (Å²) in [4.78, 5) is 18.5. The van der Waals surface area contributed by atoms with Gasteiger partial charge >= 0.3 is 0 Å². The van der Waals surface area contributed by atoms with E-state index in [4.69, 9.17) is 0 Å². The van der Waals surface area contributed by atoms with E-state index in [1.54, 1.807) is 0 Å². The molecule has 0 aromatic carbocycles. The molecule has 1 aromatic rings. The second-order valence-electron chi connectivity index (χ2n) is 3.10. The summed E-state index contributed by atoms with van der Waals surface area (Å²) in [5.74, 6) is 0.628. The third kappa shape index (κ3) is 2.52. The Morgan fingerprint density at radius 2 is 2.21 bits per heavy atom. The summed E-state index contributed by atoms with van der Waals surface area (Å²) in [5.41, 5.74) is 0.513.